The van der Waals surface area contributed by atoms with Gasteiger partial charge in [-0.15, -0.1) is 0 Å². The highest BCUT2D eigenvalue weighted by molar-refractivity contribution is 7.07. The SMILES string of the molecule is COCCNC(=O)[C@@H]1C[C@@H]2[C@@H](CCN2Cc2ccsc2)O1. The largest absolute Gasteiger partial charge is 0.383 e. The van der Waals surface area contributed by atoms with Crippen molar-refractivity contribution in [3.8, 4) is 0 Å². The summed E-state index contributed by atoms with van der Waals surface area (Å²) in [7, 11) is 1.63. The van der Waals surface area contributed by atoms with Gasteiger partial charge < -0.3 is 14.8 Å². The van der Waals surface area contributed by atoms with E-state index in [2.05, 4.69) is 27.0 Å². The lowest BCUT2D eigenvalue weighted by molar-refractivity contribution is -0.132. The van der Waals surface area contributed by atoms with Gasteiger partial charge in [-0.05, 0) is 28.8 Å². The lowest BCUT2D eigenvalue weighted by Crippen LogP contribution is -2.37. The van der Waals surface area contributed by atoms with Crippen LogP contribution < -0.4 is 5.32 Å². The van der Waals surface area contributed by atoms with E-state index in [4.69, 9.17) is 9.47 Å². The van der Waals surface area contributed by atoms with Crippen molar-refractivity contribution in [3.63, 3.8) is 0 Å². The van der Waals surface area contributed by atoms with Crippen LogP contribution in [0.4, 0.5) is 0 Å². The molecular weight excluding hydrogens is 288 g/mol. The van der Waals surface area contributed by atoms with Crippen molar-refractivity contribution in [2.75, 3.05) is 26.8 Å². The third kappa shape index (κ3) is 3.45. The predicted molar refractivity (Wildman–Crippen MR) is 81.3 cm³/mol. The summed E-state index contributed by atoms with van der Waals surface area (Å²) >= 11 is 1.73. The number of carbonyl (C=O) groups excluding carboxylic acids is 1. The van der Waals surface area contributed by atoms with Crippen LogP contribution in [0.2, 0.25) is 0 Å². The van der Waals surface area contributed by atoms with Crippen LogP contribution in [0.25, 0.3) is 0 Å². The summed E-state index contributed by atoms with van der Waals surface area (Å²) in [6.07, 6.45) is 1.73. The van der Waals surface area contributed by atoms with E-state index in [0.717, 1.165) is 25.9 Å². The van der Waals surface area contributed by atoms with Crippen molar-refractivity contribution in [3.05, 3.63) is 22.4 Å². The number of amides is 1. The molecule has 0 aromatic carbocycles. The van der Waals surface area contributed by atoms with Crippen LogP contribution in [0, 0.1) is 0 Å². The molecule has 116 valence electrons. The van der Waals surface area contributed by atoms with E-state index in [1.807, 2.05) is 0 Å². The quantitative estimate of drug-likeness (QED) is 0.803. The molecule has 2 aliphatic rings. The first kappa shape index (κ1) is 15.0. The number of ether oxygens (including phenoxy) is 2. The zero-order valence-electron chi connectivity index (χ0n) is 12.3. The topological polar surface area (TPSA) is 50.8 Å². The Labute approximate surface area is 129 Å². The van der Waals surface area contributed by atoms with Gasteiger partial charge in [0.25, 0.3) is 0 Å². The number of likely N-dealkylation sites (tertiary alicyclic amines) is 1. The molecule has 2 fully saturated rings. The molecule has 0 saturated carbocycles. The number of hydrogen-bond acceptors (Lipinski definition) is 5. The molecule has 1 N–H and O–H groups in total. The maximum atomic E-state index is 12.1. The van der Waals surface area contributed by atoms with Crippen LogP contribution in [-0.2, 0) is 20.8 Å². The third-order valence-electron chi connectivity index (χ3n) is 4.26. The smallest absolute Gasteiger partial charge is 0.249 e. The van der Waals surface area contributed by atoms with Gasteiger partial charge in [0, 0.05) is 39.2 Å². The molecule has 1 aromatic heterocycles. The summed E-state index contributed by atoms with van der Waals surface area (Å²) < 4.78 is 10.9. The molecule has 3 atom stereocenters. The summed E-state index contributed by atoms with van der Waals surface area (Å²) in [6, 6.07) is 2.55. The molecule has 3 rings (SSSR count). The summed E-state index contributed by atoms with van der Waals surface area (Å²) in [5.41, 5.74) is 1.36. The minimum atomic E-state index is -0.304. The molecule has 0 aliphatic carbocycles. The van der Waals surface area contributed by atoms with E-state index >= 15 is 0 Å². The molecule has 3 heterocycles. The van der Waals surface area contributed by atoms with E-state index in [9.17, 15) is 4.79 Å². The van der Waals surface area contributed by atoms with Gasteiger partial charge in [-0.1, -0.05) is 0 Å². The fraction of sp³-hybridized carbons (Fsp3) is 0.667. The van der Waals surface area contributed by atoms with Gasteiger partial charge in [0.15, 0.2) is 0 Å². The fourth-order valence-electron chi connectivity index (χ4n) is 3.20. The van der Waals surface area contributed by atoms with Gasteiger partial charge in [-0.25, -0.2) is 0 Å². The highest BCUT2D eigenvalue weighted by atomic mass is 32.1. The average molecular weight is 310 g/mol. The van der Waals surface area contributed by atoms with Crippen molar-refractivity contribution < 1.29 is 14.3 Å². The molecular formula is C15H22N2O3S. The van der Waals surface area contributed by atoms with Gasteiger partial charge in [-0.3, -0.25) is 9.69 Å². The molecule has 2 saturated heterocycles. The van der Waals surface area contributed by atoms with E-state index in [1.165, 1.54) is 5.56 Å². The Morgan fingerprint density at radius 3 is 3.29 bits per heavy atom. The zero-order valence-corrected chi connectivity index (χ0v) is 13.1. The highest BCUT2D eigenvalue weighted by Gasteiger charge is 2.45. The van der Waals surface area contributed by atoms with Crippen LogP contribution in [0.5, 0.6) is 0 Å². The summed E-state index contributed by atoms with van der Waals surface area (Å²) in [5.74, 6) is -0.00284. The van der Waals surface area contributed by atoms with Crippen LogP contribution >= 0.6 is 11.3 Å². The van der Waals surface area contributed by atoms with Crippen LogP contribution in [0.3, 0.4) is 0 Å². The van der Waals surface area contributed by atoms with Crippen molar-refractivity contribution in [1.82, 2.24) is 10.2 Å². The van der Waals surface area contributed by atoms with Gasteiger partial charge in [-0.2, -0.15) is 11.3 Å². The van der Waals surface area contributed by atoms with Crippen LogP contribution in [0.1, 0.15) is 18.4 Å². The molecule has 6 heteroatoms. The molecule has 0 unspecified atom stereocenters. The molecule has 2 aliphatic heterocycles. The zero-order chi connectivity index (χ0) is 14.7. The normalized spacial score (nSPS) is 28.7. The fourth-order valence-corrected chi connectivity index (χ4v) is 3.86. The van der Waals surface area contributed by atoms with E-state index in [-0.39, 0.29) is 18.1 Å². The number of rotatable bonds is 6. The number of nitrogens with zero attached hydrogens (tertiary/aromatic N) is 1. The molecule has 5 nitrogen and oxygen atoms in total. The summed E-state index contributed by atoms with van der Waals surface area (Å²) in [4.78, 5) is 14.5. The first-order valence-electron chi connectivity index (χ1n) is 7.45. The predicted octanol–water partition coefficient (Wildman–Crippen LogP) is 1.24. The Balaban J connectivity index is 1.52. The number of nitrogens with one attached hydrogen (secondary N) is 1. The molecule has 1 aromatic rings. The number of thiophene rings is 1. The Hall–Kier alpha value is -0.950. The first-order valence-corrected chi connectivity index (χ1v) is 8.39. The minimum absolute atomic E-state index is 0.00284. The van der Waals surface area contributed by atoms with E-state index < -0.39 is 0 Å². The number of fused-ring (bicyclic) bond motifs is 1. The van der Waals surface area contributed by atoms with Crippen LogP contribution in [0.15, 0.2) is 16.8 Å². The second-order valence-electron chi connectivity index (χ2n) is 5.64. The second-order valence-corrected chi connectivity index (χ2v) is 6.42. The molecule has 21 heavy (non-hydrogen) atoms. The molecule has 0 radical (unpaired) electrons. The Bertz CT molecular complexity index is 465. The second kappa shape index (κ2) is 6.87. The monoisotopic (exact) mass is 310 g/mol. The van der Waals surface area contributed by atoms with Gasteiger partial charge in [0.05, 0.1) is 12.7 Å². The summed E-state index contributed by atoms with van der Waals surface area (Å²) in [5, 5.41) is 7.17. The van der Waals surface area contributed by atoms with Crippen molar-refractivity contribution in [2.24, 2.45) is 0 Å². The molecule has 0 spiro atoms. The van der Waals surface area contributed by atoms with E-state index in [1.54, 1.807) is 18.4 Å². The first-order chi connectivity index (χ1) is 10.3. The standard InChI is InChI=1S/C15H22N2O3S/c1-19-6-4-16-15(18)14-8-12-13(20-14)2-5-17(12)9-11-3-7-21-10-11/h3,7,10,12-14H,2,4-6,8-9H2,1H3,(H,16,18)/t12-,13-,14+/m1/s1. The highest BCUT2D eigenvalue weighted by Crippen LogP contribution is 2.34. The number of carbonyl (C=O) groups is 1. The number of hydrogen-bond donors (Lipinski definition) is 1. The van der Waals surface area contributed by atoms with E-state index in [0.29, 0.717) is 19.2 Å². The summed E-state index contributed by atoms with van der Waals surface area (Å²) in [6.45, 7) is 3.11. The Morgan fingerprint density at radius 1 is 1.62 bits per heavy atom. The Kier molecular flexibility index (Phi) is 4.90. The Morgan fingerprint density at radius 2 is 2.52 bits per heavy atom. The van der Waals surface area contributed by atoms with Gasteiger partial charge in [0.1, 0.15) is 6.10 Å². The molecule has 1 amide bonds. The van der Waals surface area contributed by atoms with Crippen molar-refractivity contribution in [1.29, 1.82) is 0 Å². The minimum Gasteiger partial charge on any atom is -0.383 e. The lowest BCUT2D eigenvalue weighted by Gasteiger charge is -2.22. The average Bonchev–Trinajstić information content (AvgIpc) is 3.18. The maximum absolute atomic E-state index is 12.1. The third-order valence-corrected chi connectivity index (χ3v) is 4.99. The maximum Gasteiger partial charge on any atom is 0.249 e. The van der Waals surface area contributed by atoms with Crippen molar-refractivity contribution >= 4 is 17.2 Å². The van der Waals surface area contributed by atoms with Crippen molar-refractivity contribution in [2.45, 2.75) is 37.6 Å². The van der Waals surface area contributed by atoms with Gasteiger partial charge >= 0.3 is 0 Å². The lowest BCUT2D eigenvalue weighted by atomic mass is 10.1. The molecule has 0 bridgehead atoms. The van der Waals surface area contributed by atoms with Gasteiger partial charge in [0.2, 0.25) is 5.91 Å². The number of methoxy groups -OCH3 is 1. The van der Waals surface area contributed by atoms with Crippen LogP contribution in [-0.4, -0.2) is 55.9 Å².